The van der Waals surface area contributed by atoms with Gasteiger partial charge < -0.3 is 10.1 Å². The van der Waals surface area contributed by atoms with Crippen LogP contribution < -0.4 is 5.32 Å². The molecule has 1 saturated heterocycles. The summed E-state index contributed by atoms with van der Waals surface area (Å²) in [6.07, 6.45) is 6.78. The summed E-state index contributed by atoms with van der Waals surface area (Å²) in [4.78, 5) is 12.4. The summed E-state index contributed by atoms with van der Waals surface area (Å²) in [5.74, 6) is 0.221. The van der Waals surface area contributed by atoms with Crippen molar-refractivity contribution in [2.24, 2.45) is 0 Å². The minimum atomic E-state index is -0.228. The Morgan fingerprint density at radius 3 is 3.18 bits per heavy atom. The van der Waals surface area contributed by atoms with Gasteiger partial charge in [-0.15, -0.1) is 5.10 Å². The van der Waals surface area contributed by atoms with E-state index < -0.39 is 0 Å². The normalized spacial score (nSPS) is 20.8. The molecule has 4 rings (SSSR count). The second-order valence-electron chi connectivity index (χ2n) is 5.79. The van der Waals surface area contributed by atoms with Crippen LogP contribution in [0.4, 0.5) is 5.82 Å². The fourth-order valence-corrected chi connectivity index (χ4v) is 3.09. The smallest absolute Gasteiger partial charge is 0.277 e. The number of aryl methyl sites for hydroxylation is 1. The zero-order valence-corrected chi connectivity index (χ0v) is 12.2. The predicted molar refractivity (Wildman–Crippen MR) is 77.7 cm³/mol. The van der Waals surface area contributed by atoms with Crippen molar-refractivity contribution in [2.45, 2.75) is 38.1 Å². The average Bonchev–Trinajstić information content (AvgIpc) is 3.27. The molecule has 0 bridgehead atoms. The van der Waals surface area contributed by atoms with E-state index >= 15 is 0 Å². The summed E-state index contributed by atoms with van der Waals surface area (Å²) in [7, 11) is 0. The number of amides is 1. The molecule has 0 spiro atoms. The van der Waals surface area contributed by atoms with Gasteiger partial charge in [0.1, 0.15) is 0 Å². The van der Waals surface area contributed by atoms with Gasteiger partial charge in [-0.1, -0.05) is 5.21 Å². The van der Waals surface area contributed by atoms with Crippen LogP contribution in [0.5, 0.6) is 0 Å². The number of carbonyl (C=O) groups is 1. The summed E-state index contributed by atoms with van der Waals surface area (Å²) >= 11 is 0. The van der Waals surface area contributed by atoms with Crippen molar-refractivity contribution in [3.8, 4) is 0 Å². The van der Waals surface area contributed by atoms with Crippen molar-refractivity contribution in [3.63, 3.8) is 0 Å². The zero-order chi connectivity index (χ0) is 14.9. The van der Waals surface area contributed by atoms with Crippen LogP contribution in [0.1, 0.15) is 47.1 Å². The van der Waals surface area contributed by atoms with Crippen LogP contribution in [0.2, 0.25) is 0 Å². The van der Waals surface area contributed by atoms with Gasteiger partial charge in [0, 0.05) is 17.9 Å². The van der Waals surface area contributed by atoms with E-state index in [0.29, 0.717) is 18.1 Å². The monoisotopic (exact) mass is 302 g/mol. The maximum Gasteiger partial charge on any atom is 0.277 e. The maximum atomic E-state index is 12.4. The topological polar surface area (TPSA) is 97.7 Å². The Morgan fingerprint density at radius 1 is 1.41 bits per heavy atom. The lowest BCUT2D eigenvalue weighted by molar-refractivity contribution is 0.102. The van der Waals surface area contributed by atoms with Gasteiger partial charge in [0.05, 0.1) is 18.8 Å². The van der Waals surface area contributed by atoms with Gasteiger partial charge in [-0.2, -0.15) is 5.10 Å². The van der Waals surface area contributed by atoms with Gasteiger partial charge in [-0.3, -0.25) is 9.89 Å². The number of nitrogens with zero attached hydrogens (tertiary/aromatic N) is 4. The van der Waals surface area contributed by atoms with Crippen LogP contribution in [-0.4, -0.2) is 44.3 Å². The van der Waals surface area contributed by atoms with E-state index in [1.807, 2.05) is 0 Å². The largest absolute Gasteiger partial charge is 0.379 e. The Hall–Kier alpha value is -2.22. The lowest BCUT2D eigenvalue weighted by Gasteiger charge is -2.10. The van der Waals surface area contributed by atoms with E-state index in [0.717, 1.165) is 50.0 Å². The van der Waals surface area contributed by atoms with Crippen LogP contribution in [0.15, 0.2) is 6.20 Å². The summed E-state index contributed by atoms with van der Waals surface area (Å²) < 4.78 is 7.09. The third-order valence-corrected chi connectivity index (χ3v) is 4.30. The van der Waals surface area contributed by atoms with Crippen LogP contribution in [0.3, 0.4) is 0 Å². The van der Waals surface area contributed by atoms with Crippen molar-refractivity contribution in [1.29, 1.82) is 0 Å². The molecule has 3 heterocycles. The highest BCUT2D eigenvalue weighted by atomic mass is 16.5. The number of hydrogen-bond acceptors (Lipinski definition) is 5. The van der Waals surface area contributed by atoms with Gasteiger partial charge in [0.2, 0.25) is 0 Å². The third kappa shape index (κ3) is 2.39. The number of hydrogen-bond donors (Lipinski definition) is 2. The molecular formula is C14H18N6O2. The molecule has 2 aromatic heterocycles. The number of rotatable bonds is 3. The first-order valence-corrected chi connectivity index (χ1v) is 7.68. The standard InChI is InChI=1S/C14H18N6O2/c21-14(13-10-3-1-2-4-11(10)16-18-13)15-12-7-20(19-17-12)9-5-6-22-8-9/h7,9H,1-6,8H2,(H,15,21)(H,16,18). The van der Waals surface area contributed by atoms with Crippen LogP contribution in [0.25, 0.3) is 0 Å². The van der Waals surface area contributed by atoms with Gasteiger partial charge in [-0.25, -0.2) is 4.68 Å². The second-order valence-corrected chi connectivity index (χ2v) is 5.79. The quantitative estimate of drug-likeness (QED) is 0.884. The molecule has 0 saturated carbocycles. The molecule has 2 N–H and O–H groups in total. The Bertz CT molecular complexity index is 685. The minimum Gasteiger partial charge on any atom is -0.379 e. The number of fused-ring (bicyclic) bond motifs is 1. The van der Waals surface area contributed by atoms with Crippen molar-refractivity contribution in [2.75, 3.05) is 18.5 Å². The molecular weight excluding hydrogens is 284 g/mol. The number of anilines is 1. The van der Waals surface area contributed by atoms with Crippen molar-refractivity contribution in [3.05, 3.63) is 23.1 Å². The molecule has 8 nitrogen and oxygen atoms in total. The van der Waals surface area contributed by atoms with Gasteiger partial charge in [0.15, 0.2) is 11.5 Å². The molecule has 8 heteroatoms. The second kappa shape index (κ2) is 5.53. The molecule has 1 aliphatic carbocycles. The highest BCUT2D eigenvalue weighted by Crippen LogP contribution is 2.23. The maximum absolute atomic E-state index is 12.4. The SMILES string of the molecule is O=C(Nc1cn(C2CCOC2)nn1)c1n[nH]c2c1CCCC2. The number of nitrogens with one attached hydrogen (secondary N) is 2. The predicted octanol–water partition coefficient (Wildman–Crippen LogP) is 1.09. The number of aromatic nitrogens is 5. The highest BCUT2D eigenvalue weighted by molar-refractivity contribution is 6.03. The lowest BCUT2D eigenvalue weighted by atomic mass is 9.96. The minimum absolute atomic E-state index is 0.205. The molecule has 1 amide bonds. The summed E-state index contributed by atoms with van der Waals surface area (Å²) in [6, 6.07) is 0.205. The van der Waals surface area contributed by atoms with E-state index in [2.05, 4.69) is 25.8 Å². The fraction of sp³-hybridized carbons (Fsp3) is 0.571. The molecule has 22 heavy (non-hydrogen) atoms. The Kier molecular flexibility index (Phi) is 3.38. The van der Waals surface area contributed by atoms with E-state index in [9.17, 15) is 4.79 Å². The molecule has 1 aliphatic heterocycles. The molecule has 1 unspecified atom stereocenters. The van der Waals surface area contributed by atoms with Crippen molar-refractivity contribution in [1.82, 2.24) is 25.2 Å². The number of ether oxygens (including phenoxy) is 1. The molecule has 1 fully saturated rings. The number of H-pyrrole nitrogens is 1. The summed E-state index contributed by atoms with van der Waals surface area (Å²) in [6.45, 7) is 1.38. The first-order chi connectivity index (χ1) is 10.8. The molecule has 0 radical (unpaired) electrons. The molecule has 0 aromatic carbocycles. The average molecular weight is 302 g/mol. The molecule has 1 atom stereocenters. The van der Waals surface area contributed by atoms with Crippen molar-refractivity contribution < 1.29 is 9.53 Å². The molecule has 2 aliphatic rings. The Balaban J connectivity index is 1.49. The van der Waals surface area contributed by atoms with Crippen molar-refractivity contribution >= 4 is 11.7 Å². The first-order valence-electron chi connectivity index (χ1n) is 7.68. The molecule has 116 valence electrons. The third-order valence-electron chi connectivity index (χ3n) is 4.30. The van der Waals surface area contributed by atoms with Gasteiger partial charge in [0.25, 0.3) is 5.91 Å². The van der Waals surface area contributed by atoms with E-state index in [1.54, 1.807) is 10.9 Å². The fourth-order valence-electron chi connectivity index (χ4n) is 3.09. The van der Waals surface area contributed by atoms with Crippen LogP contribution in [0, 0.1) is 0 Å². The highest BCUT2D eigenvalue weighted by Gasteiger charge is 2.23. The molecule has 2 aromatic rings. The Labute approximate surface area is 127 Å². The van der Waals surface area contributed by atoms with E-state index in [4.69, 9.17) is 4.74 Å². The van der Waals surface area contributed by atoms with E-state index in [-0.39, 0.29) is 11.9 Å². The Morgan fingerprint density at radius 2 is 2.32 bits per heavy atom. The number of carbonyl (C=O) groups excluding carboxylic acids is 1. The number of aromatic amines is 1. The summed E-state index contributed by atoms with van der Waals surface area (Å²) in [5.41, 5.74) is 2.61. The zero-order valence-electron chi connectivity index (χ0n) is 12.2. The van der Waals surface area contributed by atoms with Crippen LogP contribution in [-0.2, 0) is 17.6 Å². The van der Waals surface area contributed by atoms with Gasteiger partial charge >= 0.3 is 0 Å². The van der Waals surface area contributed by atoms with E-state index in [1.165, 1.54) is 0 Å². The summed E-state index contributed by atoms with van der Waals surface area (Å²) in [5, 5.41) is 18.0. The first kappa shape index (κ1) is 13.4. The van der Waals surface area contributed by atoms with Gasteiger partial charge in [-0.05, 0) is 32.1 Å². The van der Waals surface area contributed by atoms with Crippen LogP contribution >= 0.6 is 0 Å². The lowest BCUT2D eigenvalue weighted by Crippen LogP contribution is -2.16.